The summed E-state index contributed by atoms with van der Waals surface area (Å²) in [5, 5.41) is 2.77. The summed E-state index contributed by atoms with van der Waals surface area (Å²) in [5.41, 5.74) is 1.65. The van der Waals surface area contributed by atoms with E-state index in [9.17, 15) is 9.59 Å². The Bertz CT molecular complexity index is 732. The molecule has 0 aliphatic heterocycles. The highest BCUT2D eigenvalue weighted by Gasteiger charge is 2.20. The van der Waals surface area contributed by atoms with Gasteiger partial charge in [-0.15, -0.1) is 6.58 Å². The van der Waals surface area contributed by atoms with Crippen LogP contribution in [-0.4, -0.2) is 63.8 Å². The van der Waals surface area contributed by atoms with Gasteiger partial charge in [-0.05, 0) is 57.9 Å². The van der Waals surface area contributed by atoms with Gasteiger partial charge in [0.2, 0.25) is 0 Å². The zero-order valence-electron chi connectivity index (χ0n) is 20.1. The van der Waals surface area contributed by atoms with E-state index in [-0.39, 0.29) is 25.2 Å². The lowest BCUT2D eigenvalue weighted by molar-refractivity contribution is 0.0306. The lowest BCUT2D eigenvalue weighted by Crippen LogP contribution is -2.44. The maximum Gasteiger partial charge on any atom is 0.408 e. The summed E-state index contributed by atoms with van der Waals surface area (Å²) < 4.78 is 27.1. The number of hydrogen-bond donors (Lipinski definition) is 1. The normalized spacial score (nSPS) is 12.1. The molecule has 0 saturated heterocycles. The number of amides is 1. The summed E-state index contributed by atoms with van der Waals surface area (Å²) in [6, 6.07) is 3.16. The van der Waals surface area contributed by atoms with Crippen LogP contribution in [-0.2, 0) is 18.9 Å². The Labute approximate surface area is 191 Å². The number of rotatable bonds is 13. The van der Waals surface area contributed by atoms with Gasteiger partial charge in [-0.3, -0.25) is 0 Å². The molecule has 0 aromatic heterocycles. The molecule has 1 rings (SSSR count). The molecule has 1 atom stereocenters. The van der Waals surface area contributed by atoms with Crippen LogP contribution in [0.5, 0.6) is 5.75 Å². The molecule has 1 aromatic carbocycles. The molecule has 180 valence electrons. The minimum absolute atomic E-state index is 0.280. The van der Waals surface area contributed by atoms with E-state index in [1.165, 1.54) is 7.11 Å². The topological polar surface area (TPSA) is 92.3 Å². The Morgan fingerprint density at radius 3 is 2.28 bits per heavy atom. The summed E-state index contributed by atoms with van der Waals surface area (Å²) in [6.07, 6.45) is 1.78. The summed E-state index contributed by atoms with van der Waals surface area (Å²) >= 11 is 0. The predicted molar refractivity (Wildman–Crippen MR) is 122 cm³/mol. The molecular formula is C24H37NO7. The van der Waals surface area contributed by atoms with E-state index in [4.69, 9.17) is 23.7 Å². The summed E-state index contributed by atoms with van der Waals surface area (Å²) in [5.74, 6) is 0.378. The molecule has 8 nitrogen and oxygen atoms in total. The van der Waals surface area contributed by atoms with Crippen LogP contribution in [0, 0.1) is 13.8 Å². The highest BCUT2D eigenvalue weighted by atomic mass is 16.6. The van der Waals surface area contributed by atoms with Crippen molar-refractivity contribution in [2.24, 2.45) is 0 Å². The fraction of sp³-hybridized carbons (Fsp3) is 0.583. The monoisotopic (exact) mass is 451 g/mol. The molecule has 1 aromatic rings. The van der Waals surface area contributed by atoms with Gasteiger partial charge in [0.05, 0.1) is 45.1 Å². The van der Waals surface area contributed by atoms with Crippen molar-refractivity contribution in [1.29, 1.82) is 0 Å². The van der Waals surface area contributed by atoms with Crippen LogP contribution in [0.3, 0.4) is 0 Å². The maximum atomic E-state index is 12.0. The van der Waals surface area contributed by atoms with Gasteiger partial charge in [0.15, 0.2) is 0 Å². The second kappa shape index (κ2) is 13.8. The third-order valence-corrected chi connectivity index (χ3v) is 4.16. The molecule has 0 heterocycles. The summed E-state index contributed by atoms with van der Waals surface area (Å²) in [4.78, 5) is 23.7. The summed E-state index contributed by atoms with van der Waals surface area (Å²) in [6.45, 7) is 14.7. The van der Waals surface area contributed by atoms with Crippen molar-refractivity contribution in [3.05, 3.63) is 41.5 Å². The molecule has 0 bridgehead atoms. The fourth-order valence-electron chi connectivity index (χ4n) is 2.87. The lowest BCUT2D eigenvalue weighted by Gasteiger charge is -2.23. The zero-order valence-corrected chi connectivity index (χ0v) is 20.1. The van der Waals surface area contributed by atoms with Gasteiger partial charge in [0.1, 0.15) is 11.4 Å². The number of methoxy groups -OCH3 is 1. The van der Waals surface area contributed by atoms with E-state index in [0.717, 1.165) is 16.9 Å². The standard InChI is InChI=1S/C24H37NO7/c1-8-10-29-15-20(25-23(27)32-24(4,5)6)16-30-11-9-12-31-21-17(2)13-19(14-18(21)3)22(26)28-7/h8,13-14,20H,1,9-12,15-16H2,2-7H3,(H,25,27)/t20-/m1/s1. The third kappa shape index (κ3) is 10.6. The van der Waals surface area contributed by atoms with Crippen LogP contribution in [0.15, 0.2) is 24.8 Å². The smallest absolute Gasteiger partial charge is 0.408 e. The molecule has 0 unspecified atom stereocenters. The van der Waals surface area contributed by atoms with Crippen molar-refractivity contribution in [3.63, 3.8) is 0 Å². The van der Waals surface area contributed by atoms with Gasteiger partial charge >= 0.3 is 12.1 Å². The summed E-state index contributed by atoms with van der Waals surface area (Å²) in [7, 11) is 1.36. The van der Waals surface area contributed by atoms with E-state index >= 15 is 0 Å². The number of hydrogen-bond acceptors (Lipinski definition) is 7. The van der Waals surface area contributed by atoms with Gasteiger partial charge in [0, 0.05) is 13.0 Å². The molecule has 0 saturated carbocycles. The molecule has 1 amide bonds. The highest BCUT2D eigenvalue weighted by Crippen LogP contribution is 2.25. The third-order valence-electron chi connectivity index (χ3n) is 4.16. The van der Waals surface area contributed by atoms with Crippen LogP contribution in [0.1, 0.15) is 48.7 Å². The second-order valence-electron chi connectivity index (χ2n) is 8.38. The first-order valence-electron chi connectivity index (χ1n) is 10.7. The number of carbonyl (C=O) groups excluding carboxylic acids is 2. The first kappa shape index (κ1) is 27.5. The minimum atomic E-state index is -0.583. The average molecular weight is 452 g/mol. The number of aryl methyl sites for hydroxylation is 2. The average Bonchev–Trinajstić information content (AvgIpc) is 2.69. The molecule has 0 fully saturated rings. The van der Waals surface area contributed by atoms with Crippen molar-refractivity contribution in [3.8, 4) is 5.75 Å². The largest absolute Gasteiger partial charge is 0.493 e. The van der Waals surface area contributed by atoms with Crippen molar-refractivity contribution >= 4 is 12.1 Å². The minimum Gasteiger partial charge on any atom is -0.493 e. The number of nitrogens with one attached hydrogen (secondary N) is 1. The molecule has 1 N–H and O–H groups in total. The van der Waals surface area contributed by atoms with Gasteiger partial charge in [-0.2, -0.15) is 0 Å². The molecule has 0 aliphatic carbocycles. The lowest BCUT2D eigenvalue weighted by atomic mass is 10.1. The SMILES string of the molecule is C=CCOC[C@H](COCCCOc1c(C)cc(C(=O)OC)cc1C)NC(=O)OC(C)(C)C. The Morgan fingerprint density at radius 1 is 1.09 bits per heavy atom. The number of ether oxygens (including phenoxy) is 5. The Kier molecular flexibility index (Phi) is 11.8. The quantitative estimate of drug-likeness (QED) is 0.276. The van der Waals surface area contributed by atoms with Crippen molar-refractivity contribution < 1.29 is 33.3 Å². The van der Waals surface area contributed by atoms with Gasteiger partial charge < -0.3 is 29.0 Å². The van der Waals surface area contributed by atoms with Crippen LogP contribution >= 0.6 is 0 Å². The van der Waals surface area contributed by atoms with E-state index in [1.54, 1.807) is 39.0 Å². The number of benzene rings is 1. The first-order chi connectivity index (χ1) is 15.1. The number of alkyl carbamates (subject to hydrolysis) is 1. The van der Waals surface area contributed by atoms with E-state index < -0.39 is 11.7 Å². The van der Waals surface area contributed by atoms with Crippen LogP contribution in [0.4, 0.5) is 4.79 Å². The molecule has 32 heavy (non-hydrogen) atoms. The maximum absolute atomic E-state index is 12.0. The van der Waals surface area contributed by atoms with Gasteiger partial charge in [-0.25, -0.2) is 9.59 Å². The molecule has 8 heteroatoms. The van der Waals surface area contributed by atoms with Crippen molar-refractivity contribution in [2.75, 3.05) is 40.1 Å². The first-order valence-corrected chi connectivity index (χ1v) is 10.7. The van der Waals surface area contributed by atoms with Crippen LogP contribution in [0.25, 0.3) is 0 Å². The Balaban J connectivity index is 2.46. The Morgan fingerprint density at radius 2 is 1.72 bits per heavy atom. The Hall–Kier alpha value is -2.58. The molecule has 0 radical (unpaired) electrons. The molecular weight excluding hydrogens is 414 g/mol. The van der Waals surface area contributed by atoms with Crippen LogP contribution < -0.4 is 10.1 Å². The van der Waals surface area contributed by atoms with Gasteiger partial charge in [0.25, 0.3) is 0 Å². The van der Waals surface area contributed by atoms with Crippen molar-refractivity contribution in [2.45, 2.75) is 52.7 Å². The zero-order chi connectivity index (χ0) is 24.1. The van der Waals surface area contributed by atoms with Crippen LogP contribution in [0.2, 0.25) is 0 Å². The highest BCUT2D eigenvalue weighted by molar-refractivity contribution is 5.90. The van der Waals surface area contributed by atoms with E-state index in [2.05, 4.69) is 11.9 Å². The second-order valence-corrected chi connectivity index (χ2v) is 8.38. The predicted octanol–water partition coefficient (Wildman–Crippen LogP) is 3.97. The molecule has 0 aliphatic rings. The number of carbonyl (C=O) groups is 2. The van der Waals surface area contributed by atoms with E-state index in [1.807, 2.05) is 13.8 Å². The molecule has 0 spiro atoms. The number of esters is 1. The van der Waals surface area contributed by atoms with E-state index in [0.29, 0.717) is 31.8 Å². The van der Waals surface area contributed by atoms with Gasteiger partial charge in [-0.1, -0.05) is 6.08 Å². The fourth-order valence-corrected chi connectivity index (χ4v) is 2.87. The van der Waals surface area contributed by atoms with Crippen molar-refractivity contribution in [1.82, 2.24) is 5.32 Å².